The molecule has 1 aromatic heterocycles. The van der Waals surface area contributed by atoms with Gasteiger partial charge in [-0.3, -0.25) is 4.79 Å². The number of amides is 1. The summed E-state index contributed by atoms with van der Waals surface area (Å²) in [5.74, 6) is 0.738. The topological polar surface area (TPSA) is 85.8 Å². The van der Waals surface area contributed by atoms with Crippen LogP contribution in [0.25, 0.3) is 11.4 Å². The number of benzene rings is 1. The van der Waals surface area contributed by atoms with E-state index >= 15 is 0 Å². The number of carbonyl (C=O) groups is 1. The van der Waals surface area contributed by atoms with Crippen LogP contribution in [0, 0.1) is 5.82 Å². The van der Waals surface area contributed by atoms with Crippen molar-refractivity contribution < 1.29 is 9.18 Å². The summed E-state index contributed by atoms with van der Waals surface area (Å²) in [7, 11) is 0. The number of hydrogen-bond donors (Lipinski definition) is 2. The lowest BCUT2D eigenvalue weighted by Gasteiger charge is -2.10. The molecule has 2 aromatic rings. The van der Waals surface area contributed by atoms with Gasteiger partial charge in [-0.25, -0.2) is 4.39 Å². The number of halogens is 1. The first kappa shape index (κ1) is 14.6. The average molecular weight is 303 g/mol. The van der Waals surface area contributed by atoms with E-state index < -0.39 is 11.7 Å². The minimum absolute atomic E-state index is 0.110. The van der Waals surface area contributed by atoms with Gasteiger partial charge in [0.15, 0.2) is 5.82 Å². The Morgan fingerprint density at radius 1 is 1.32 bits per heavy atom. The second kappa shape index (κ2) is 6.23. The molecule has 3 rings (SSSR count). The van der Waals surface area contributed by atoms with Gasteiger partial charge in [-0.15, -0.1) is 10.2 Å². The molecular formula is C15H18FN5O. The zero-order valence-electron chi connectivity index (χ0n) is 12.2. The summed E-state index contributed by atoms with van der Waals surface area (Å²) in [6.07, 6.45) is 4.27. The fourth-order valence-corrected chi connectivity index (χ4v) is 2.66. The highest BCUT2D eigenvalue weighted by Gasteiger charge is 2.17. The van der Waals surface area contributed by atoms with Gasteiger partial charge in [-0.05, 0) is 31.0 Å². The number of fused-ring (bicyclic) bond motifs is 1. The Kier molecular flexibility index (Phi) is 4.15. The molecule has 0 saturated heterocycles. The Bertz CT molecular complexity index is 697. The number of carbonyl (C=O) groups excluding carboxylic acids is 1. The zero-order chi connectivity index (χ0) is 15.5. The summed E-state index contributed by atoms with van der Waals surface area (Å²) in [5, 5.41) is 10.9. The van der Waals surface area contributed by atoms with Crippen LogP contribution >= 0.6 is 0 Å². The van der Waals surface area contributed by atoms with Crippen molar-refractivity contribution in [3.8, 4) is 11.4 Å². The molecule has 0 radical (unpaired) electrons. The lowest BCUT2D eigenvalue weighted by molar-refractivity contribution is -0.114. The summed E-state index contributed by atoms with van der Waals surface area (Å²) in [6.45, 7) is 0.670. The van der Waals surface area contributed by atoms with E-state index in [1.807, 2.05) is 0 Å². The van der Waals surface area contributed by atoms with Gasteiger partial charge in [0, 0.05) is 18.5 Å². The van der Waals surface area contributed by atoms with Crippen molar-refractivity contribution in [2.24, 2.45) is 5.73 Å². The number of anilines is 1. The zero-order valence-corrected chi connectivity index (χ0v) is 12.2. The SMILES string of the molecule is NCC(=O)Nc1cc(-c2nnc3n2CCCCC3)ccc1F. The number of nitrogens with zero attached hydrogens (tertiary/aromatic N) is 3. The molecule has 1 aliphatic heterocycles. The van der Waals surface area contributed by atoms with E-state index in [-0.39, 0.29) is 12.2 Å². The van der Waals surface area contributed by atoms with Crippen molar-refractivity contribution >= 4 is 11.6 Å². The van der Waals surface area contributed by atoms with E-state index in [1.165, 1.54) is 12.5 Å². The van der Waals surface area contributed by atoms with Crippen molar-refractivity contribution in [3.63, 3.8) is 0 Å². The predicted molar refractivity (Wildman–Crippen MR) is 80.7 cm³/mol. The maximum atomic E-state index is 13.8. The molecule has 0 aliphatic carbocycles. The lowest BCUT2D eigenvalue weighted by atomic mass is 10.1. The molecule has 0 atom stereocenters. The lowest BCUT2D eigenvalue weighted by Crippen LogP contribution is -2.22. The number of nitrogens with one attached hydrogen (secondary N) is 1. The second-order valence-corrected chi connectivity index (χ2v) is 5.35. The molecule has 2 heterocycles. The monoisotopic (exact) mass is 303 g/mol. The summed E-state index contributed by atoms with van der Waals surface area (Å²) in [6, 6.07) is 4.54. The number of aryl methyl sites for hydroxylation is 1. The number of rotatable bonds is 3. The largest absolute Gasteiger partial charge is 0.322 e. The molecule has 1 aromatic carbocycles. The van der Waals surface area contributed by atoms with Crippen LogP contribution in [0.2, 0.25) is 0 Å². The van der Waals surface area contributed by atoms with E-state index in [9.17, 15) is 9.18 Å². The number of nitrogens with two attached hydrogens (primary N) is 1. The molecular weight excluding hydrogens is 285 g/mol. The first-order valence-corrected chi connectivity index (χ1v) is 7.41. The molecule has 0 unspecified atom stereocenters. The Hall–Kier alpha value is -2.28. The molecule has 3 N–H and O–H groups in total. The van der Waals surface area contributed by atoms with E-state index in [0.717, 1.165) is 37.2 Å². The third kappa shape index (κ3) is 2.85. The van der Waals surface area contributed by atoms with Crippen LogP contribution in [0.1, 0.15) is 25.1 Å². The van der Waals surface area contributed by atoms with Crippen LogP contribution in [0.15, 0.2) is 18.2 Å². The number of aromatic nitrogens is 3. The highest BCUT2D eigenvalue weighted by molar-refractivity contribution is 5.92. The Morgan fingerprint density at radius 2 is 2.18 bits per heavy atom. The Balaban J connectivity index is 1.97. The molecule has 116 valence electrons. The van der Waals surface area contributed by atoms with Gasteiger partial charge >= 0.3 is 0 Å². The van der Waals surface area contributed by atoms with E-state index in [1.54, 1.807) is 12.1 Å². The van der Waals surface area contributed by atoms with Crippen LogP contribution in [0.4, 0.5) is 10.1 Å². The van der Waals surface area contributed by atoms with Crippen LogP contribution in [0.3, 0.4) is 0 Å². The molecule has 1 aliphatic rings. The van der Waals surface area contributed by atoms with Gasteiger partial charge in [-0.1, -0.05) is 6.42 Å². The quantitative estimate of drug-likeness (QED) is 0.904. The first-order chi connectivity index (χ1) is 10.7. The van der Waals surface area contributed by atoms with Gasteiger partial charge in [0.05, 0.1) is 12.2 Å². The molecule has 0 fully saturated rings. The maximum absolute atomic E-state index is 13.8. The first-order valence-electron chi connectivity index (χ1n) is 7.41. The fraction of sp³-hybridized carbons (Fsp3) is 0.400. The van der Waals surface area contributed by atoms with E-state index in [2.05, 4.69) is 20.1 Å². The van der Waals surface area contributed by atoms with Gasteiger partial charge in [0.2, 0.25) is 5.91 Å². The highest BCUT2D eigenvalue weighted by atomic mass is 19.1. The van der Waals surface area contributed by atoms with Crippen LogP contribution in [0.5, 0.6) is 0 Å². The molecule has 7 heteroatoms. The normalized spacial score (nSPS) is 14.3. The van der Waals surface area contributed by atoms with Gasteiger partial charge < -0.3 is 15.6 Å². The third-order valence-corrected chi connectivity index (χ3v) is 3.79. The highest BCUT2D eigenvalue weighted by Crippen LogP contribution is 2.26. The molecule has 1 amide bonds. The smallest absolute Gasteiger partial charge is 0.238 e. The van der Waals surface area contributed by atoms with Crippen LogP contribution < -0.4 is 11.1 Å². The summed E-state index contributed by atoms with van der Waals surface area (Å²) in [4.78, 5) is 11.4. The van der Waals surface area contributed by atoms with E-state index in [0.29, 0.717) is 5.82 Å². The van der Waals surface area contributed by atoms with Crippen molar-refractivity contribution in [1.82, 2.24) is 14.8 Å². The second-order valence-electron chi connectivity index (χ2n) is 5.35. The van der Waals surface area contributed by atoms with Crippen molar-refractivity contribution in [3.05, 3.63) is 29.8 Å². The minimum Gasteiger partial charge on any atom is -0.322 e. The maximum Gasteiger partial charge on any atom is 0.238 e. The average Bonchev–Trinajstić information content (AvgIpc) is 2.78. The van der Waals surface area contributed by atoms with Crippen LogP contribution in [-0.2, 0) is 17.8 Å². The van der Waals surface area contributed by atoms with Gasteiger partial charge in [-0.2, -0.15) is 0 Å². The third-order valence-electron chi connectivity index (χ3n) is 3.79. The van der Waals surface area contributed by atoms with Gasteiger partial charge in [0.1, 0.15) is 11.6 Å². The van der Waals surface area contributed by atoms with Crippen LogP contribution in [-0.4, -0.2) is 27.2 Å². The summed E-state index contributed by atoms with van der Waals surface area (Å²) in [5.41, 5.74) is 6.09. The minimum atomic E-state index is -0.499. The molecule has 0 spiro atoms. The fourth-order valence-electron chi connectivity index (χ4n) is 2.66. The molecule has 0 saturated carbocycles. The Morgan fingerprint density at radius 3 is 3.00 bits per heavy atom. The van der Waals surface area contributed by atoms with Crippen molar-refractivity contribution in [2.45, 2.75) is 32.2 Å². The predicted octanol–water partition coefficient (Wildman–Crippen LogP) is 1.71. The molecule has 22 heavy (non-hydrogen) atoms. The van der Waals surface area contributed by atoms with E-state index in [4.69, 9.17) is 5.73 Å². The number of hydrogen-bond acceptors (Lipinski definition) is 4. The molecule has 6 nitrogen and oxygen atoms in total. The summed E-state index contributed by atoms with van der Waals surface area (Å²) >= 11 is 0. The summed E-state index contributed by atoms with van der Waals surface area (Å²) < 4.78 is 15.9. The van der Waals surface area contributed by atoms with Gasteiger partial charge in [0.25, 0.3) is 0 Å². The Labute approximate surface area is 127 Å². The molecule has 0 bridgehead atoms. The standard InChI is InChI=1S/C15H18FN5O/c16-11-6-5-10(8-12(11)18-14(22)9-17)15-20-19-13-4-2-1-3-7-21(13)15/h5-6,8H,1-4,7,9,17H2,(H,18,22). The van der Waals surface area contributed by atoms with Crippen molar-refractivity contribution in [1.29, 1.82) is 0 Å². The van der Waals surface area contributed by atoms with Crippen molar-refractivity contribution in [2.75, 3.05) is 11.9 Å².